The van der Waals surface area contributed by atoms with Crippen LogP contribution in [-0.2, 0) is 4.79 Å². The van der Waals surface area contributed by atoms with Crippen molar-refractivity contribution in [1.82, 2.24) is 0 Å². The van der Waals surface area contributed by atoms with E-state index in [4.69, 9.17) is 20.7 Å². The molecule has 2 aromatic rings. The summed E-state index contributed by atoms with van der Waals surface area (Å²) < 4.78 is 5.06. The maximum Gasteiger partial charge on any atom is 0.341 e. The minimum Gasteiger partial charge on any atom is -0.482 e. The fourth-order valence-corrected chi connectivity index (χ4v) is 2.25. The molecule has 0 spiro atoms. The van der Waals surface area contributed by atoms with Crippen molar-refractivity contribution in [3.8, 4) is 5.75 Å². The van der Waals surface area contributed by atoms with E-state index in [1.54, 1.807) is 47.9 Å². The zero-order valence-corrected chi connectivity index (χ0v) is 14.0. The van der Waals surface area contributed by atoms with E-state index in [0.717, 1.165) is 17.5 Å². The van der Waals surface area contributed by atoms with Crippen LogP contribution in [0.4, 0.5) is 5.69 Å². The maximum absolute atomic E-state index is 12.3. The average molecular weight is 359 g/mol. The first kappa shape index (κ1) is 18.4. The lowest BCUT2D eigenvalue weighted by Crippen LogP contribution is -2.13. The van der Waals surface area contributed by atoms with Gasteiger partial charge in [-0.2, -0.15) is 0 Å². The first-order valence-electron chi connectivity index (χ1n) is 7.17. The molecule has 2 rings (SSSR count). The van der Waals surface area contributed by atoms with Crippen LogP contribution >= 0.6 is 11.9 Å². The molecule has 0 fully saturated rings. The largest absolute Gasteiger partial charge is 0.482 e. The van der Waals surface area contributed by atoms with Gasteiger partial charge in [0.25, 0.3) is 5.91 Å². The lowest BCUT2D eigenvalue weighted by atomic mass is 10.1. The monoisotopic (exact) mass is 359 g/mol. The molecule has 0 radical (unpaired) electrons. The molecule has 0 aromatic heterocycles. The van der Waals surface area contributed by atoms with Crippen LogP contribution in [-0.4, -0.2) is 23.6 Å². The standard InChI is InChI=1S/C17H17N3O4S/c18-15(10-25-19)11-4-6-13(7-5-11)20-17(23)12-2-1-3-14(8-12)24-9-16(21)22/h1-8,10H,9,18-19H2,(H,20,23)(H,21,22)/b15-10-. The van der Waals surface area contributed by atoms with Crippen molar-refractivity contribution in [2.45, 2.75) is 0 Å². The minimum atomic E-state index is -1.09. The second-order valence-corrected chi connectivity index (χ2v) is 5.46. The molecule has 0 saturated heterocycles. The van der Waals surface area contributed by atoms with Gasteiger partial charge in [0, 0.05) is 22.4 Å². The Morgan fingerprint density at radius 1 is 1.16 bits per heavy atom. The second kappa shape index (κ2) is 8.76. The topological polar surface area (TPSA) is 128 Å². The highest BCUT2D eigenvalue weighted by atomic mass is 32.2. The van der Waals surface area contributed by atoms with Crippen molar-refractivity contribution in [1.29, 1.82) is 0 Å². The van der Waals surface area contributed by atoms with E-state index in [-0.39, 0.29) is 5.91 Å². The van der Waals surface area contributed by atoms with E-state index in [2.05, 4.69) is 5.32 Å². The van der Waals surface area contributed by atoms with Crippen LogP contribution in [0.2, 0.25) is 0 Å². The molecule has 0 aliphatic carbocycles. The van der Waals surface area contributed by atoms with Gasteiger partial charge in [-0.3, -0.25) is 9.93 Å². The summed E-state index contributed by atoms with van der Waals surface area (Å²) >= 11 is 1.02. The number of nitrogens with two attached hydrogens (primary N) is 2. The van der Waals surface area contributed by atoms with Gasteiger partial charge in [-0.15, -0.1) is 0 Å². The Balaban J connectivity index is 2.05. The lowest BCUT2D eigenvalue weighted by molar-refractivity contribution is -0.139. The quantitative estimate of drug-likeness (QED) is 0.558. The molecular weight excluding hydrogens is 342 g/mol. The smallest absolute Gasteiger partial charge is 0.341 e. The Hall–Kier alpha value is -2.97. The molecular formula is C17H17N3O4S. The molecule has 130 valence electrons. The molecule has 6 N–H and O–H groups in total. The average Bonchev–Trinajstić information content (AvgIpc) is 2.61. The Morgan fingerprint density at radius 2 is 1.88 bits per heavy atom. The van der Waals surface area contributed by atoms with Crippen molar-refractivity contribution < 1.29 is 19.4 Å². The van der Waals surface area contributed by atoms with Gasteiger partial charge in [0.1, 0.15) is 5.75 Å². The number of nitrogens with one attached hydrogen (secondary N) is 1. The molecule has 2 aromatic carbocycles. The molecule has 0 unspecified atom stereocenters. The number of carboxylic acids is 1. The highest BCUT2D eigenvalue weighted by Crippen LogP contribution is 2.18. The summed E-state index contributed by atoms with van der Waals surface area (Å²) in [5, 5.41) is 18.3. The summed E-state index contributed by atoms with van der Waals surface area (Å²) in [6.07, 6.45) is 0. The van der Waals surface area contributed by atoms with Crippen molar-refractivity contribution in [2.24, 2.45) is 10.9 Å². The highest BCUT2D eigenvalue weighted by molar-refractivity contribution is 8.00. The predicted molar refractivity (Wildman–Crippen MR) is 97.9 cm³/mol. The third-order valence-corrected chi connectivity index (χ3v) is 3.52. The van der Waals surface area contributed by atoms with Crippen LogP contribution in [0.1, 0.15) is 15.9 Å². The molecule has 0 atom stereocenters. The van der Waals surface area contributed by atoms with E-state index in [1.807, 2.05) is 0 Å². The van der Waals surface area contributed by atoms with E-state index >= 15 is 0 Å². The SMILES string of the molecule is NS/C=C(\N)c1ccc(NC(=O)c2cccc(OCC(=O)O)c2)cc1. The van der Waals surface area contributed by atoms with Gasteiger partial charge >= 0.3 is 5.97 Å². The van der Waals surface area contributed by atoms with Gasteiger partial charge in [-0.05, 0) is 35.9 Å². The zero-order chi connectivity index (χ0) is 18.2. The van der Waals surface area contributed by atoms with Crippen LogP contribution in [0.5, 0.6) is 5.75 Å². The number of hydrogen-bond acceptors (Lipinski definition) is 6. The van der Waals surface area contributed by atoms with Gasteiger partial charge in [-0.1, -0.05) is 30.1 Å². The molecule has 1 amide bonds. The fraction of sp³-hybridized carbons (Fsp3) is 0.0588. The molecule has 7 nitrogen and oxygen atoms in total. The van der Waals surface area contributed by atoms with Crippen LogP contribution in [0.25, 0.3) is 5.70 Å². The van der Waals surface area contributed by atoms with Crippen molar-refractivity contribution in [2.75, 3.05) is 11.9 Å². The summed E-state index contributed by atoms with van der Waals surface area (Å²) in [4.78, 5) is 22.8. The van der Waals surface area contributed by atoms with Gasteiger partial charge < -0.3 is 20.9 Å². The highest BCUT2D eigenvalue weighted by Gasteiger charge is 2.08. The molecule has 0 aliphatic rings. The normalized spacial score (nSPS) is 11.0. The van der Waals surface area contributed by atoms with E-state index < -0.39 is 12.6 Å². The number of carboxylic acid groups (broad SMARTS) is 1. The Morgan fingerprint density at radius 3 is 2.52 bits per heavy atom. The fourth-order valence-electron chi connectivity index (χ4n) is 1.96. The van der Waals surface area contributed by atoms with E-state index in [0.29, 0.717) is 22.7 Å². The van der Waals surface area contributed by atoms with Gasteiger partial charge in [0.15, 0.2) is 6.61 Å². The number of carbonyl (C=O) groups is 2. The van der Waals surface area contributed by atoms with E-state index in [1.165, 1.54) is 6.07 Å². The molecule has 0 bridgehead atoms. The minimum absolute atomic E-state index is 0.308. The van der Waals surface area contributed by atoms with Crippen LogP contribution in [0.15, 0.2) is 53.9 Å². The summed E-state index contributed by atoms with van der Waals surface area (Å²) in [5.41, 5.74) is 8.11. The van der Waals surface area contributed by atoms with Crippen LogP contribution in [0.3, 0.4) is 0 Å². The third kappa shape index (κ3) is 5.55. The Labute approximate surface area is 148 Å². The summed E-state index contributed by atoms with van der Waals surface area (Å²) in [6.45, 7) is -0.470. The van der Waals surface area contributed by atoms with Gasteiger partial charge in [0.2, 0.25) is 0 Å². The Kier molecular flexibility index (Phi) is 6.44. The number of benzene rings is 2. The number of aliphatic carboxylic acids is 1. The second-order valence-electron chi connectivity index (χ2n) is 4.95. The third-order valence-electron chi connectivity index (χ3n) is 3.13. The number of anilines is 1. The number of rotatable bonds is 7. The van der Waals surface area contributed by atoms with E-state index in [9.17, 15) is 9.59 Å². The maximum atomic E-state index is 12.3. The molecule has 0 aliphatic heterocycles. The Bertz CT molecular complexity index is 791. The summed E-state index contributed by atoms with van der Waals surface area (Å²) in [7, 11) is 0. The molecule has 0 heterocycles. The first-order chi connectivity index (χ1) is 12.0. The lowest BCUT2D eigenvalue weighted by Gasteiger charge is -2.08. The number of hydrogen-bond donors (Lipinski definition) is 4. The first-order valence-corrected chi connectivity index (χ1v) is 8.11. The van der Waals surface area contributed by atoms with Crippen LogP contribution < -0.4 is 20.9 Å². The van der Waals surface area contributed by atoms with Gasteiger partial charge in [0.05, 0.1) is 0 Å². The summed E-state index contributed by atoms with van der Waals surface area (Å²) in [6, 6.07) is 13.3. The summed E-state index contributed by atoms with van der Waals surface area (Å²) in [5.74, 6) is -1.12. The molecule has 8 heteroatoms. The number of ether oxygens (including phenoxy) is 1. The number of carbonyl (C=O) groups excluding carboxylic acids is 1. The van der Waals surface area contributed by atoms with Crippen molar-refractivity contribution in [3.63, 3.8) is 0 Å². The number of amides is 1. The molecule has 0 saturated carbocycles. The zero-order valence-electron chi connectivity index (χ0n) is 13.1. The van der Waals surface area contributed by atoms with Crippen molar-refractivity contribution in [3.05, 3.63) is 65.1 Å². The predicted octanol–water partition coefficient (Wildman–Crippen LogP) is 2.27. The van der Waals surface area contributed by atoms with Crippen LogP contribution in [0, 0.1) is 0 Å². The molecule has 25 heavy (non-hydrogen) atoms. The van der Waals surface area contributed by atoms with Gasteiger partial charge in [-0.25, -0.2) is 4.79 Å². The van der Waals surface area contributed by atoms with Crippen molar-refractivity contribution >= 4 is 35.2 Å².